The number of aromatic amines is 1. The number of aryl methyl sites for hydroxylation is 1. The van der Waals surface area contributed by atoms with Gasteiger partial charge in [0.2, 0.25) is 0 Å². The smallest absolute Gasteiger partial charge is 0.163 e. The van der Waals surface area contributed by atoms with Crippen LogP contribution in [0.4, 0.5) is 5.69 Å². The lowest BCUT2D eigenvalue weighted by Gasteiger charge is -2.15. The topological polar surface area (TPSA) is 71.4 Å². The summed E-state index contributed by atoms with van der Waals surface area (Å²) < 4.78 is 2.26. The number of rotatable bonds is 4. The summed E-state index contributed by atoms with van der Waals surface area (Å²) in [6.45, 7) is 1.78. The first-order chi connectivity index (χ1) is 12.9. The van der Waals surface area contributed by atoms with Crippen LogP contribution in [0.2, 0.25) is 0 Å². The molecule has 2 aromatic heterocycles. The monoisotopic (exact) mass is 344 g/mol. The van der Waals surface area contributed by atoms with Crippen molar-refractivity contribution in [2.45, 2.75) is 32.4 Å². The fourth-order valence-corrected chi connectivity index (χ4v) is 3.64. The maximum absolute atomic E-state index is 4.40. The molecule has 6 nitrogen and oxygen atoms in total. The molecule has 0 unspecified atom stereocenters. The van der Waals surface area contributed by atoms with E-state index in [-0.39, 0.29) is 0 Å². The zero-order valence-corrected chi connectivity index (χ0v) is 14.4. The average molecular weight is 344 g/mol. The zero-order chi connectivity index (χ0) is 17.3. The molecule has 0 fully saturated rings. The molecule has 3 heterocycles. The van der Waals surface area contributed by atoms with Gasteiger partial charge in [-0.15, -0.1) is 10.2 Å². The van der Waals surface area contributed by atoms with Gasteiger partial charge in [0.1, 0.15) is 5.82 Å². The molecule has 0 saturated carbocycles. The lowest BCUT2D eigenvalue weighted by molar-refractivity contribution is 0.526. The molecular weight excluding hydrogens is 324 g/mol. The summed E-state index contributed by atoms with van der Waals surface area (Å²) in [7, 11) is 0. The van der Waals surface area contributed by atoms with Crippen molar-refractivity contribution in [2.24, 2.45) is 0 Å². The summed E-state index contributed by atoms with van der Waals surface area (Å²) >= 11 is 0. The summed E-state index contributed by atoms with van der Waals surface area (Å²) in [6.07, 6.45) is 5.33. The van der Waals surface area contributed by atoms with Crippen molar-refractivity contribution in [2.75, 3.05) is 5.32 Å². The number of H-pyrrole nitrogens is 1. The van der Waals surface area contributed by atoms with Gasteiger partial charge < -0.3 is 9.88 Å². The van der Waals surface area contributed by atoms with E-state index < -0.39 is 0 Å². The highest BCUT2D eigenvalue weighted by molar-refractivity contribution is 5.81. The Morgan fingerprint density at radius 2 is 1.96 bits per heavy atom. The van der Waals surface area contributed by atoms with Gasteiger partial charge >= 0.3 is 0 Å². The van der Waals surface area contributed by atoms with E-state index >= 15 is 0 Å². The average Bonchev–Trinajstić information content (AvgIpc) is 3.34. The summed E-state index contributed by atoms with van der Waals surface area (Å²) in [6, 6.07) is 14.7. The van der Waals surface area contributed by atoms with Crippen LogP contribution < -0.4 is 5.32 Å². The van der Waals surface area contributed by atoms with Crippen LogP contribution in [0, 0.1) is 0 Å². The third kappa shape index (κ3) is 2.63. The van der Waals surface area contributed by atoms with E-state index in [1.807, 2.05) is 12.3 Å². The van der Waals surface area contributed by atoms with Crippen LogP contribution in [0.15, 0.2) is 48.7 Å². The van der Waals surface area contributed by atoms with Gasteiger partial charge in [0, 0.05) is 36.1 Å². The van der Waals surface area contributed by atoms with Gasteiger partial charge in [-0.3, -0.25) is 5.10 Å². The molecule has 0 atom stereocenters. The maximum atomic E-state index is 4.40. The van der Waals surface area contributed by atoms with Crippen LogP contribution in [-0.2, 0) is 19.5 Å². The molecule has 0 spiro atoms. The molecule has 6 heteroatoms. The van der Waals surface area contributed by atoms with Gasteiger partial charge in [0.05, 0.1) is 11.7 Å². The van der Waals surface area contributed by atoms with Crippen LogP contribution in [0.3, 0.4) is 0 Å². The Labute approximate surface area is 151 Å². The summed E-state index contributed by atoms with van der Waals surface area (Å²) in [5, 5.41) is 20.5. The Hall–Kier alpha value is -3.15. The van der Waals surface area contributed by atoms with Crippen LogP contribution in [0.1, 0.15) is 24.2 Å². The summed E-state index contributed by atoms with van der Waals surface area (Å²) in [4.78, 5) is 0. The van der Waals surface area contributed by atoms with Gasteiger partial charge in [-0.2, -0.15) is 5.10 Å². The highest BCUT2D eigenvalue weighted by atomic mass is 15.3. The lowest BCUT2D eigenvalue weighted by atomic mass is 10.1. The second-order valence-electron chi connectivity index (χ2n) is 6.73. The van der Waals surface area contributed by atoms with Gasteiger partial charge in [-0.25, -0.2) is 0 Å². The van der Waals surface area contributed by atoms with E-state index in [2.05, 4.69) is 66.7 Å². The minimum atomic E-state index is 0.760. The summed E-state index contributed by atoms with van der Waals surface area (Å²) in [5.41, 5.74) is 4.50. The second-order valence-corrected chi connectivity index (χ2v) is 6.73. The molecule has 1 aliphatic rings. The van der Waals surface area contributed by atoms with Crippen LogP contribution in [-0.4, -0.2) is 25.0 Å². The predicted octanol–water partition coefficient (Wildman–Crippen LogP) is 3.77. The Kier molecular flexibility index (Phi) is 3.66. The molecule has 4 aromatic rings. The molecule has 1 aliphatic heterocycles. The zero-order valence-electron chi connectivity index (χ0n) is 14.4. The van der Waals surface area contributed by atoms with Crippen molar-refractivity contribution < 1.29 is 0 Å². The molecule has 0 saturated heterocycles. The highest BCUT2D eigenvalue weighted by Gasteiger charge is 2.16. The van der Waals surface area contributed by atoms with Crippen molar-refractivity contribution in [3.05, 3.63) is 60.0 Å². The first kappa shape index (κ1) is 15.1. The van der Waals surface area contributed by atoms with E-state index in [0.717, 1.165) is 53.3 Å². The fourth-order valence-electron chi connectivity index (χ4n) is 3.64. The van der Waals surface area contributed by atoms with Crippen LogP contribution in [0.5, 0.6) is 0 Å². The van der Waals surface area contributed by atoms with E-state index in [0.29, 0.717) is 0 Å². The molecule has 0 bridgehead atoms. The van der Waals surface area contributed by atoms with Gasteiger partial charge in [0.15, 0.2) is 5.82 Å². The van der Waals surface area contributed by atoms with Gasteiger partial charge in [0.25, 0.3) is 0 Å². The predicted molar refractivity (Wildman–Crippen MR) is 102 cm³/mol. The molecule has 5 rings (SSSR count). The Balaban J connectivity index is 1.34. The number of nitrogens with zero attached hydrogens (tertiary/aromatic N) is 4. The lowest BCUT2D eigenvalue weighted by Crippen LogP contribution is -2.11. The highest BCUT2D eigenvalue weighted by Crippen LogP contribution is 2.24. The number of hydrogen-bond acceptors (Lipinski definition) is 4. The molecule has 130 valence electrons. The van der Waals surface area contributed by atoms with Crippen LogP contribution >= 0.6 is 0 Å². The SMILES string of the molecule is c1cc(CNc2ccc(-c3nnc4n3CCCC4)cc2)c2cn[nH]c2c1. The Morgan fingerprint density at radius 3 is 2.88 bits per heavy atom. The van der Waals surface area contributed by atoms with Crippen LogP contribution in [0.25, 0.3) is 22.3 Å². The molecule has 0 amide bonds. The van der Waals surface area contributed by atoms with E-state index in [1.165, 1.54) is 18.4 Å². The molecule has 2 aromatic carbocycles. The standard InChI is InChI=1S/C20H20N6/c1-2-11-26-19(6-1)24-25-20(26)14-7-9-16(10-8-14)21-12-15-4-3-5-18-17(15)13-22-23-18/h3-5,7-10,13,21H,1-2,6,11-12H2,(H,22,23). The van der Waals surface area contributed by atoms with E-state index in [1.54, 1.807) is 0 Å². The van der Waals surface area contributed by atoms with Crippen molar-refractivity contribution in [3.8, 4) is 11.4 Å². The number of anilines is 1. The first-order valence-electron chi connectivity index (χ1n) is 9.06. The molecule has 2 N–H and O–H groups in total. The van der Waals surface area contributed by atoms with Crippen molar-refractivity contribution in [1.29, 1.82) is 0 Å². The van der Waals surface area contributed by atoms with Gasteiger partial charge in [-0.1, -0.05) is 12.1 Å². The Bertz CT molecular complexity index is 1040. The van der Waals surface area contributed by atoms with Gasteiger partial charge in [-0.05, 0) is 48.7 Å². The quantitative estimate of drug-likeness (QED) is 0.591. The van der Waals surface area contributed by atoms with E-state index in [9.17, 15) is 0 Å². The number of fused-ring (bicyclic) bond motifs is 2. The minimum absolute atomic E-state index is 0.760. The number of hydrogen-bond donors (Lipinski definition) is 2. The molecule has 26 heavy (non-hydrogen) atoms. The number of nitrogens with one attached hydrogen (secondary N) is 2. The summed E-state index contributed by atoms with van der Waals surface area (Å²) in [5.74, 6) is 2.09. The normalized spacial score (nSPS) is 13.7. The van der Waals surface area contributed by atoms with E-state index in [4.69, 9.17) is 0 Å². The first-order valence-corrected chi connectivity index (χ1v) is 9.06. The van der Waals surface area contributed by atoms with Crippen molar-refractivity contribution in [1.82, 2.24) is 25.0 Å². The number of aromatic nitrogens is 5. The largest absolute Gasteiger partial charge is 0.381 e. The second kappa shape index (κ2) is 6.29. The third-order valence-electron chi connectivity index (χ3n) is 5.06. The van der Waals surface area contributed by atoms with Crippen molar-refractivity contribution in [3.63, 3.8) is 0 Å². The molecule has 0 radical (unpaired) electrons. The third-order valence-corrected chi connectivity index (χ3v) is 5.06. The maximum Gasteiger partial charge on any atom is 0.163 e. The molecule has 0 aliphatic carbocycles. The number of benzene rings is 2. The molecular formula is C20H20N6. The van der Waals surface area contributed by atoms with Crippen molar-refractivity contribution >= 4 is 16.6 Å². The Morgan fingerprint density at radius 1 is 1.04 bits per heavy atom. The minimum Gasteiger partial charge on any atom is -0.381 e. The fraction of sp³-hybridized carbons (Fsp3) is 0.250.